The Morgan fingerprint density at radius 1 is 0.290 bits per heavy atom. The molecule has 5 atom stereocenters. The van der Waals surface area contributed by atoms with Gasteiger partial charge in [0.05, 0.1) is 26.4 Å². The molecule has 0 aliphatic heterocycles. The van der Waals surface area contributed by atoms with E-state index in [4.69, 9.17) is 37.0 Å². The van der Waals surface area contributed by atoms with Crippen molar-refractivity contribution in [1.82, 2.24) is 0 Å². The quantitative estimate of drug-likeness (QED) is 0.0169. The third kappa shape index (κ3) is 71.3. The largest absolute Gasteiger partial charge is 0.472 e. The molecule has 0 aromatic rings. The average molecular weight is 1440 g/mol. The molecule has 100 heavy (non-hydrogen) atoms. The van der Waals surface area contributed by atoms with Crippen molar-refractivity contribution < 1.29 is 80.2 Å². The molecule has 5 unspecified atom stereocenters. The van der Waals surface area contributed by atoms with Gasteiger partial charge in [0.25, 0.3) is 0 Å². The fraction of sp³-hybridized carbons (Fsp3) is 0.654. The highest BCUT2D eigenvalue weighted by Gasteiger charge is 2.30. The topological polar surface area (TPSA) is 237 Å². The van der Waals surface area contributed by atoms with Gasteiger partial charge in [-0.2, -0.15) is 0 Å². The number of phosphoric ester groups is 2. The number of allylic oxidation sites excluding steroid dienone is 24. The number of phosphoric acid groups is 2. The van der Waals surface area contributed by atoms with E-state index >= 15 is 0 Å². The zero-order valence-corrected chi connectivity index (χ0v) is 63.9. The monoisotopic (exact) mass is 1440 g/mol. The second kappa shape index (κ2) is 72.3. The molecule has 0 amide bonds. The van der Waals surface area contributed by atoms with Gasteiger partial charge in [-0.15, -0.1) is 0 Å². The summed E-state index contributed by atoms with van der Waals surface area (Å²) in [5.41, 5.74) is 0. The van der Waals surface area contributed by atoms with Crippen LogP contribution in [-0.2, 0) is 65.4 Å². The predicted octanol–water partition coefficient (Wildman–Crippen LogP) is 21.9. The maximum Gasteiger partial charge on any atom is 0.472 e. The molecular weight excluding hydrogens is 1310 g/mol. The molecule has 0 bridgehead atoms. The summed E-state index contributed by atoms with van der Waals surface area (Å²) < 4.78 is 68.4. The third-order valence-electron chi connectivity index (χ3n) is 15.2. The lowest BCUT2D eigenvalue weighted by Crippen LogP contribution is -2.30. The number of carbonyl (C=O) groups excluding carboxylic acids is 4. The summed E-state index contributed by atoms with van der Waals surface area (Å²) >= 11 is 0. The van der Waals surface area contributed by atoms with Gasteiger partial charge >= 0.3 is 39.5 Å². The highest BCUT2D eigenvalue weighted by molar-refractivity contribution is 7.47. The van der Waals surface area contributed by atoms with Crippen molar-refractivity contribution in [2.45, 2.75) is 303 Å². The lowest BCUT2D eigenvalue weighted by atomic mass is 10.1. The number of esters is 4. The van der Waals surface area contributed by atoms with Crippen LogP contribution in [0.2, 0.25) is 0 Å². The lowest BCUT2D eigenvalue weighted by molar-refractivity contribution is -0.161. The number of unbranched alkanes of at least 4 members (excludes halogenated alkanes) is 20. The summed E-state index contributed by atoms with van der Waals surface area (Å²) in [6, 6.07) is 0. The lowest BCUT2D eigenvalue weighted by Gasteiger charge is -2.21. The van der Waals surface area contributed by atoms with Gasteiger partial charge in [-0.1, -0.05) is 257 Å². The van der Waals surface area contributed by atoms with E-state index in [-0.39, 0.29) is 25.7 Å². The van der Waals surface area contributed by atoms with Gasteiger partial charge < -0.3 is 33.8 Å². The number of aliphatic hydroxyl groups excluding tert-OH is 1. The molecule has 570 valence electrons. The van der Waals surface area contributed by atoms with Crippen LogP contribution in [0.15, 0.2) is 146 Å². The second-order valence-corrected chi connectivity index (χ2v) is 27.7. The van der Waals surface area contributed by atoms with Gasteiger partial charge in [0, 0.05) is 25.7 Å². The highest BCUT2D eigenvalue weighted by Crippen LogP contribution is 2.45. The molecule has 0 saturated heterocycles. The standard InChI is InChI=1S/C81H134O17P2/c1-5-9-13-17-21-25-29-33-35-37-39-43-45-49-53-57-61-65-78(83)91-71-76(97-80(85)67-63-59-55-51-47-41-31-27-23-19-15-11-7-3)73-95-99(87,88)93-69-75(82)70-94-100(89,90)96-74-77(98-81(86)68-64-60-56-52-48-42-32-28-24-20-16-12-8-4)72-92-79(84)66-62-58-54-50-46-44-40-38-36-34-30-26-22-18-14-10-6-2/h9-10,13-16,19-22,25-28,31-36,39,43,49,53,75-77,82H,5-8,11-12,17-18,23-24,29-30,37-38,40-42,44-48,50-52,54-74H2,1-4H3,(H,87,88)(H,89,90)/b13-9-,14-10-,19-15-,20-16-,25-21-,26-22-,31-27-,32-28-,35-33-,36-34-,43-39-,53-49-. The summed E-state index contributed by atoms with van der Waals surface area (Å²) in [4.78, 5) is 72.8. The molecule has 0 aliphatic carbocycles. The smallest absolute Gasteiger partial charge is 0.462 e. The normalized spacial score (nSPS) is 14.8. The zero-order valence-electron chi connectivity index (χ0n) is 62.1. The molecule has 0 saturated carbocycles. The summed E-state index contributed by atoms with van der Waals surface area (Å²) in [5, 5.41) is 10.6. The molecule has 0 spiro atoms. The molecule has 3 N–H and O–H groups in total. The van der Waals surface area contributed by atoms with Crippen molar-refractivity contribution in [1.29, 1.82) is 0 Å². The summed E-state index contributed by atoms with van der Waals surface area (Å²) in [5.74, 6) is -2.29. The Morgan fingerprint density at radius 2 is 0.530 bits per heavy atom. The maximum absolute atomic E-state index is 13.1. The van der Waals surface area contributed by atoms with Crippen molar-refractivity contribution in [2.75, 3.05) is 39.6 Å². The maximum atomic E-state index is 13.1. The fourth-order valence-corrected chi connectivity index (χ4v) is 11.1. The van der Waals surface area contributed by atoms with Gasteiger partial charge in [0.2, 0.25) is 0 Å². The zero-order chi connectivity index (χ0) is 73.2. The number of carbonyl (C=O) groups is 4. The van der Waals surface area contributed by atoms with Crippen LogP contribution in [0.5, 0.6) is 0 Å². The molecule has 19 heteroatoms. The Hall–Kier alpha value is -5.06. The Kier molecular flexibility index (Phi) is 68.6. The van der Waals surface area contributed by atoms with E-state index in [1.54, 1.807) is 0 Å². The first-order valence-electron chi connectivity index (χ1n) is 38.1. The Labute approximate surface area is 605 Å². The van der Waals surface area contributed by atoms with Crippen LogP contribution in [0.3, 0.4) is 0 Å². The minimum atomic E-state index is -5.00. The second-order valence-electron chi connectivity index (χ2n) is 24.8. The first kappa shape index (κ1) is 94.9. The number of rotatable bonds is 70. The van der Waals surface area contributed by atoms with E-state index in [1.807, 2.05) is 12.2 Å². The van der Waals surface area contributed by atoms with Crippen molar-refractivity contribution >= 4 is 39.5 Å². The van der Waals surface area contributed by atoms with Crippen molar-refractivity contribution in [3.8, 4) is 0 Å². The SMILES string of the molecule is CC/C=C\C/C=C\C/C=C\C/C=C\C/C=C\CCCC(=O)OCC(COP(=O)(O)OCC(O)COP(=O)(O)OCC(COC(=O)CCCCCCCCC/C=C\C/C=C\C/C=C\CC)OC(=O)CCCCCCC/C=C\C/C=C\CCC)OC(=O)CCCCCCC/C=C\C/C=C\CCC. The molecule has 0 fully saturated rings. The third-order valence-corrected chi connectivity index (χ3v) is 17.1. The molecule has 0 aliphatic rings. The summed E-state index contributed by atoms with van der Waals surface area (Å²) in [6.07, 6.45) is 81.3. The number of ether oxygens (including phenoxy) is 4. The number of hydrogen-bond donors (Lipinski definition) is 3. The Bertz CT molecular complexity index is 2470. The van der Waals surface area contributed by atoms with Crippen LogP contribution in [0.4, 0.5) is 0 Å². The Balaban J connectivity index is 5.41. The van der Waals surface area contributed by atoms with Crippen molar-refractivity contribution in [3.63, 3.8) is 0 Å². The van der Waals surface area contributed by atoms with Gasteiger partial charge in [-0.3, -0.25) is 37.3 Å². The number of hydrogen-bond acceptors (Lipinski definition) is 15. The van der Waals surface area contributed by atoms with E-state index in [0.29, 0.717) is 32.1 Å². The van der Waals surface area contributed by atoms with Crippen LogP contribution in [-0.4, -0.2) is 96.7 Å². The van der Waals surface area contributed by atoms with E-state index in [9.17, 15) is 43.2 Å². The highest BCUT2D eigenvalue weighted by atomic mass is 31.2. The van der Waals surface area contributed by atoms with E-state index in [2.05, 4.69) is 161 Å². The van der Waals surface area contributed by atoms with Crippen LogP contribution >= 0.6 is 15.6 Å². The Morgan fingerprint density at radius 3 is 0.840 bits per heavy atom. The van der Waals surface area contributed by atoms with Crippen molar-refractivity contribution in [2.24, 2.45) is 0 Å². The molecule has 0 aromatic carbocycles. The van der Waals surface area contributed by atoms with Crippen LogP contribution < -0.4 is 0 Å². The van der Waals surface area contributed by atoms with Gasteiger partial charge in [-0.05, 0) is 148 Å². The minimum absolute atomic E-state index is 0.0620. The van der Waals surface area contributed by atoms with Gasteiger partial charge in [0.15, 0.2) is 12.2 Å². The van der Waals surface area contributed by atoms with E-state index < -0.39 is 97.5 Å². The van der Waals surface area contributed by atoms with E-state index in [1.165, 1.54) is 0 Å². The molecule has 0 aromatic heterocycles. The number of aliphatic hydroxyl groups is 1. The van der Waals surface area contributed by atoms with E-state index in [0.717, 1.165) is 199 Å². The predicted molar refractivity (Wildman–Crippen MR) is 408 cm³/mol. The molecule has 0 radical (unpaired) electrons. The molecule has 0 heterocycles. The van der Waals surface area contributed by atoms with Crippen LogP contribution in [0, 0.1) is 0 Å². The van der Waals surface area contributed by atoms with Gasteiger partial charge in [-0.25, -0.2) is 9.13 Å². The molecule has 0 rings (SSSR count). The summed E-state index contributed by atoms with van der Waals surface area (Å²) in [7, 11) is -9.98. The average Bonchev–Trinajstić information content (AvgIpc) is 0.943. The van der Waals surface area contributed by atoms with Crippen molar-refractivity contribution in [3.05, 3.63) is 146 Å². The van der Waals surface area contributed by atoms with Crippen LogP contribution in [0.1, 0.15) is 285 Å². The minimum Gasteiger partial charge on any atom is -0.462 e. The first-order valence-corrected chi connectivity index (χ1v) is 41.1. The molecule has 17 nitrogen and oxygen atoms in total. The summed E-state index contributed by atoms with van der Waals surface area (Å²) in [6.45, 7) is 4.40. The first-order chi connectivity index (χ1) is 48.7. The fourth-order valence-electron chi connectivity index (χ4n) is 9.52. The van der Waals surface area contributed by atoms with Crippen LogP contribution in [0.25, 0.3) is 0 Å². The van der Waals surface area contributed by atoms with Gasteiger partial charge in [0.1, 0.15) is 19.3 Å². The molecular formula is C81H134O17P2.